The lowest BCUT2D eigenvalue weighted by Gasteiger charge is -2.16. The Morgan fingerprint density at radius 2 is 2.37 bits per heavy atom. The molecule has 0 saturated carbocycles. The third kappa shape index (κ3) is 3.50. The van der Waals surface area contributed by atoms with Gasteiger partial charge >= 0.3 is 5.97 Å². The number of hydrogen-bond acceptors (Lipinski definition) is 4. The molecule has 1 aliphatic rings. The number of ether oxygens (including phenoxy) is 1. The second-order valence-electron chi connectivity index (χ2n) is 4.79. The Morgan fingerprint density at radius 3 is 3.05 bits per heavy atom. The molecule has 5 heteroatoms. The molecule has 1 saturated heterocycles. The van der Waals surface area contributed by atoms with Crippen molar-refractivity contribution in [2.24, 2.45) is 5.92 Å². The summed E-state index contributed by atoms with van der Waals surface area (Å²) in [6.07, 6.45) is 3.07. The molecule has 1 aliphatic heterocycles. The van der Waals surface area contributed by atoms with E-state index in [0.29, 0.717) is 19.7 Å². The zero-order chi connectivity index (χ0) is 13.7. The molecule has 0 radical (unpaired) electrons. The Morgan fingerprint density at radius 1 is 1.53 bits per heavy atom. The number of aromatic nitrogens is 1. The van der Waals surface area contributed by atoms with Gasteiger partial charge in [0.25, 0.3) is 0 Å². The van der Waals surface area contributed by atoms with Crippen LogP contribution in [-0.4, -0.2) is 30.6 Å². The van der Waals surface area contributed by atoms with Gasteiger partial charge in [-0.15, -0.1) is 0 Å². The number of halogens is 1. The molecule has 1 aromatic heterocycles. The maximum atomic E-state index is 12.9. The lowest BCUT2D eigenvalue weighted by atomic mass is 9.92. The van der Waals surface area contributed by atoms with Crippen molar-refractivity contribution in [1.82, 2.24) is 10.3 Å². The maximum Gasteiger partial charge on any atom is 0.310 e. The minimum absolute atomic E-state index is 0.0327. The van der Waals surface area contributed by atoms with Crippen LogP contribution in [-0.2, 0) is 9.53 Å². The van der Waals surface area contributed by atoms with Gasteiger partial charge in [-0.1, -0.05) is 13.3 Å². The highest BCUT2D eigenvalue weighted by molar-refractivity contribution is 5.74. The summed E-state index contributed by atoms with van der Waals surface area (Å²) in [4.78, 5) is 16.1. The van der Waals surface area contributed by atoms with Gasteiger partial charge in [0.15, 0.2) is 0 Å². The van der Waals surface area contributed by atoms with E-state index in [1.165, 1.54) is 12.3 Å². The minimum Gasteiger partial charge on any atom is -0.465 e. The summed E-state index contributed by atoms with van der Waals surface area (Å²) in [5, 5.41) is 3.17. The van der Waals surface area contributed by atoms with Gasteiger partial charge in [-0.25, -0.2) is 4.39 Å². The summed E-state index contributed by atoms with van der Waals surface area (Å²) >= 11 is 0. The molecule has 0 unspecified atom stereocenters. The van der Waals surface area contributed by atoms with Crippen LogP contribution in [0.1, 0.15) is 31.4 Å². The van der Waals surface area contributed by atoms with E-state index < -0.39 is 0 Å². The molecule has 1 N–H and O–H groups in total. The van der Waals surface area contributed by atoms with Crippen molar-refractivity contribution in [1.29, 1.82) is 0 Å². The number of esters is 1. The van der Waals surface area contributed by atoms with Gasteiger partial charge in [0.2, 0.25) is 0 Å². The fraction of sp³-hybridized carbons (Fsp3) is 0.571. The number of nitrogens with one attached hydrogen (secondary N) is 1. The predicted molar refractivity (Wildman–Crippen MR) is 69.2 cm³/mol. The van der Waals surface area contributed by atoms with Crippen LogP contribution in [0.2, 0.25) is 0 Å². The van der Waals surface area contributed by atoms with E-state index in [2.05, 4.69) is 17.2 Å². The smallest absolute Gasteiger partial charge is 0.310 e. The predicted octanol–water partition coefficient (Wildman–Crippen LogP) is 1.87. The van der Waals surface area contributed by atoms with Crippen LogP contribution in [0.5, 0.6) is 0 Å². The van der Waals surface area contributed by atoms with Gasteiger partial charge < -0.3 is 10.1 Å². The molecule has 0 spiro atoms. The van der Waals surface area contributed by atoms with Gasteiger partial charge in [-0.2, -0.15) is 0 Å². The van der Waals surface area contributed by atoms with E-state index in [4.69, 9.17) is 4.74 Å². The van der Waals surface area contributed by atoms with Crippen LogP contribution in [0.4, 0.5) is 4.39 Å². The Hall–Kier alpha value is -1.49. The van der Waals surface area contributed by atoms with Crippen molar-refractivity contribution in [3.05, 3.63) is 29.8 Å². The zero-order valence-electron chi connectivity index (χ0n) is 11.1. The van der Waals surface area contributed by atoms with Crippen LogP contribution in [0.15, 0.2) is 18.3 Å². The standard InChI is InChI=1S/C14H19FN2O2/c1-2-3-6-19-14(18)12-9-16-8-11(12)13-5-4-10(15)7-17-13/h4-5,7,11-12,16H,2-3,6,8-9H2,1H3/t11-,12-/m0/s1. The largest absolute Gasteiger partial charge is 0.465 e. The first-order valence-corrected chi connectivity index (χ1v) is 6.71. The second kappa shape index (κ2) is 6.61. The van der Waals surface area contributed by atoms with Gasteiger partial charge in [-0.3, -0.25) is 9.78 Å². The lowest BCUT2D eigenvalue weighted by Crippen LogP contribution is -2.25. The van der Waals surface area contributed by atoms with Crippen molar-refractivity contribution in [2.75, 3.05) is 19.7 Å². The Labute approximate surface area is 112 Å². The summed E-state index contributed by atoms with van der Waals surface area (Å²) in [6, 6.07) is 3.01. The third-order valence-electron chi connectivity index (χ3n) is 3.39. The van der Waals surface area contributed by atoms with Crippen LogP contribution >= 0.6 is 0 Å². The topological polar surface area (TPSA) is 51.2 Å². The Balaban J connectivity index is 2.00. The van der Waals surface area contributed by atoms with E-state index in [-0.39, 0.29) is 23.6 Å². The average Bonchev–Trinajstić information content (AvgIpc) is 2.89. The Kier molecular flexibility index (Phi) is 4.85. The molecule has 0 aromatic carbocycles. The van der Waals surface area contributed by atoms with Crippen molar-refractivity contribution in [3.8, 4) is 0 Å². The number of carbonyl (C=O) groups excluding carboxylic acids is 1. The molecule has 2 heterocycles. The number of carbonyl (C=O) groups is 1. The minimum atomic E-state index is -0.364. The summed E-state index contributed by atoms with van der Waals surface area (Å²) in [5.41, 5.74) is 0.740. The molecule has 1 aromatic rings. The van der Waals surface area contributed by atoms with Crippen LogP contribution in [0.25, 0.3) is 0 Å². The van der Waals surface area contributed by atoms with Crippen molar-refractivity contribution in [2.45, 2.75) is 25.7 Å². The van der Waals surface area contributed by atoms with Gasteiger partial charge in [0.05, 0.1) is 18.7 Å². The molecule has 104 valence electrons. The Bertz CT molecular complexity index is 422. The van der Waals surface area contributed by atoms with Crippen molar-refractivity contribution >= 4 is 5.97 Å². The highest BCUT2D eigenvalue weighted by Crippen LogP contribution is 2.27. The summed E-state index contributed by atoms with van der Waals surface area (Å²) in [6.45, 7) is 3.78. The summed E-state index contributed by atoms with van der Waals surface area (Å²) in [7, 11) is 0. The normalized spacial score (nSPS) is 22.4. The molecule has 0 bridgehead atoms. The number of unbranched alkanes of at least 4 members (excludes halogenated alkanes) is 1. The second-order valence-corrected chi connectivity index (χ2v) is 4.79. The summed E-state index contributed by atoms with van der Waals surface area (Å²) < 4.78 is 18.1. The molecular weight excluding hydrogens is 247 g/mol. The van der Waals surface area contributed by atoms with Crippen LogP contribution in [0, 0.1) is 11.7 Å². The van der Waals surface area contributed by atoms with E-state index >= 15 is 0 Å². The molecular formula is C14H19FN2O2. The molecule has 19 heavy (non-hydrogen) atoms. The summed E-state index contributed by atoms with van der Waals surface area (Å²) in [5.74, 6) is -0.809. The maximum absolute atomic E-state index is 12.9. The van der Waals surface area contributed by atoms with Crippen LogP contribution in [0.3, 0.4) is 0 Å². The fourth-order valence-corrected chi connectivity index (χ4v) is 2.27. The molecule has 4 nitrogen and oxygen atoms in total. The SMILES string of the molecule is CCCCOC(=O)[C@H]1CNC[C@@H]1c1ccc(F)cn1. The van der Waals surface area contributed by atoms with Crippen molar-refractivity contribution in [3.63, 3.8) is 0 Å². The molecule has 1 fully saturated rings. The number of pyridine rings is 1. The fourth-order valence-electron chi connectivity index (χ4n) is 2.27. The molecule has 0 amide bonds. The first-order valence-electron chi connectivity index (χ1n) is 6.71. The van der Waals surface area contributed by atoms with Gasteiger partial charge in [0, 0.05) is 24.7 Å². The van der Waals surface area contributed by atoms with Crippen molar-refractivity contribution < 1.29 is 13.9 Å². The first-order chi connectivity index (χ1) is 9.22. The quantitative estimate of drug-likeness (QED) is 0.653. The average molecular weight is 266 g/mol. The first kappa shape index (κ1) is 13.9. The number of nitrogens with zero attached hydrogens (tertiary/aromatic N) is 1. The number of rotatable bonds is 5. The molecule has 0 aliphatic carbocycles. The zero-order valence-corrected chi connectivity index (χ0v) is 11.1. The van der Waals surface area contributed by atoms with Gasteiger partial charge in [0.1, 0.15) is 5.82 Å². The molecule has 2 atom stereocenters. The van der Waals surface area contributed by atoms with Crippen LogP contribution < -0.4 is 5.32 Å². The van der Waals surface area contributed by atoms with E-state index in [1.54, 1.807) is 6.07 Å². The highest BCUT2D eigenvalue weighted by atomic mass is 19.1. The third-order valence-corrected chi connectivity index (χ3v) is 3.39. The van der Waals surface area contributed by atoms with E-state index in [9.17, 15) is 9.18 Å². The monoisotopic (exact) mass is 266 g/mol. The lowest BCUT2D eigenvalue weighted by molar-refractivity contribution is -0.148. The van der Waals surface area contributed by atoms with Gasteiger partial charge in [-0.05, 0) is 18.6 Å². The van der Waals surface area contributed by atoms with E-state index in [1.807, 2.05) is 0 Å². The number of hydrogen-bond donors (Lipinski definition) is 1. The van der Waals surface area contributed by atoms with E-state index in [0.717, 1.165) is 18.5 Å². The molecule has 2 rings (SSSR count). The highest BCUT2D eigenvalue weighted by Gasteiger charge is 2.35.